The summed E-state index contributed by atoms with van der Waals surface area (Å²) < 4.78 is 24.0. The number of unbranched alkanes of at least 4 members (excludes halogenated alkanes) is 2. The van der Waals surface area contributed by atoms with Gasteiger partial charge in [0.1, 0.15) is 0 Å². The van der Waals surface area contributed by atoms with Crippen LogP contribution in [-0.4, -0.2) is 19.4 Å². The molecule has 0 aromatic heterocycles. The second kappa shape index (κ2) is 10.8. The zero-order valence-corrected chi connectivity index (χ0v) is 14.3. The Labute approximate surface area is 125 Å². The molecule has 0 spiro atoms. The number of hydrogen-bond acceptors (Lipinski definition) is 3. The standard InChI is InChI=1S/C16H33O3P/c1-3-5-13-18-20(17,15-6-4-2)19-14-12-16-10-8-7-9-11-16/h16H,3-15H2,1-2H3. The molecule has 0 aromatic carbocycles. The molecule has 1 rings (SSSR count). The van der Waals surface area contributed by atoms with Gasteiger partial charge in [-0.3, -0.25) is 4.57 Å². The fourth-order valence-corrected chi connectivity index (χ4v) is 4.53. The molecule has 3 nitrogen and oxygen atoms in total. The van der Waals surface area contributed by atoms with Crippen molar-refractivity contribution in [2.45, 2.75) is 78.1 Å². The van der Waals surface area contributed by atoms with Crippen LogP contribution in [0.15, 0.2) is 0 Å². The first-order chi connectivity index (χ1) is 9.70. The summed E-state index contributed by atoms with van der Waals surface area (Å²) in [5, 5.41) is 0. The Kier molecular flexibility index (Phi) is 9.84. The molecule has 20 heavy (non-hydrogen) atoms. The van der Waals surface area contributed by atoms with Gasteiger partial charge in [0.05, 0.1) is 19.4 Å². The van der Waals surface area contributed by atoms with Gasteiger partial charge in [-0.1, -0.05) is 58.8 Å². The Balaban J connectivity index is 2.28. The van der Waals surface area contributed by atoms with Gasteiger partial charge in [0.2, 0.25) is 0 Å². The van der Waals surface area contributed by atoms with Gasteiger partial charge in [0.25, 0.3) is 0 Å². The second-order valence-corrected chi connectivity index (χ2v) is 8.19. The second-order valence-electron chi connectivity index (χ2n) is 6.00. The van der Waals surface area contributed by atoms with Crippen LogP contribution in [0, 0.1) is 5.92 Å². The van der Waals surface area contributed by atoms with Crippen LogP contribution < -0.4 is 0 Å². The van der Waals surface area contributed by atoms with E-state index in [9.17, 15) is 4.57 Å². The molecule has 0 radical (unpaired) electrons. The van der Waals surface area contributed by atoms with E-state index in [-0.39, 0.29) is 0 Å². The summed E-state index contributed by atoms with van der Waals surface area (Å²) in [7, 11) is -2.83. The van der Waals surface area contributed by atoms with Gasteiger partial charge >= 0.3 is 7.60 Å². The van der Waals surface area contributed by atoms with Crippen molar-refractivity contribution < 1.29 is 13.6 Å². The first-order valence-corrected chi connectivity index (χ1v) is 10.3. The molecule has 0 saturated heterocycles. The van der Waals surface area contributed by atoms with Crippen LogP contribution >= 0.6 is 7.60 Å². The zero-order chi connectivity index (χ0) is 14.7. The largest absolute Gasteiger partial charge is 0.330 e. The average molecular weight is 304 g/mol. The Bertz CT molecular complexity index is 275. The summed E-state index contributed by atoms with van der Waals surface area (Å²) >= 11 is 0. The average Bonchev–Trinajstić information content (AvgIpc) is 2.47. The van der Waals surface area contributed by atoms with Crippen LogP contribution in [0.4, 0.5) is 0 Å². The van der Waals surface area contributed by atoms with Crippen LogP contribution in [0.1, 0.15) is 78.1 Å². The predicted molar refractivity (Wildman–Crippen MR) is 85.4 cm³/mol. The molecule has 0 N–H and O–H groups in total. The lowest BCUT2D eigenvalue weighted by Crippen LogP contribution is -2.10. The first kappa shape index (κ1) is 18.2. The summed E-state index contributed by atoms with van der Waals surface area (Å²) in [6.07, 6.45) is 12.3. The van der Waals surface area contributed by atoms with Gasteiger partial charge in [-0.2, -0.15) is 0 Å². The third kappa shape index (κ3) is 7.81. The highest BCUT2D eigenvalue weighted by Gasteiger charge is 2.24. The molecule has 1 unspecified atom stereocenters. The van der Waals surface area contributed by atoms with Crippen molar-refractivity contribution in [1.82, 2.24) is 0 Å². The van der Waals surface area contributed by atoms with Gasteiger partial charge in [-0.05, 0) is 25.2 Å². The minimum atomic E-state index is -2.83. The molecule has 1 fully saturated rings. The summed E-state index contributed by atoms with van der Waals surface area (Å²) in [6, 6.07) is 0. The molecule has 1 aliphatic carbocycles. The predicted octanol–water partition coefficient (Wildman–Crippen LogP) is 5.78. The van der Waals surface area contributed by atoms with Crippen molar-refractivity contribution in [1.29, 1.82) is 0 Å². The highest BCUT2D eigenvalue weighted by atomic mass is 31.2. The monoisotopic (exact) mass is 304 g/mol. The smallest absolute Gasteiger partial charge is 0.309 e. The summed E-state index contributed by atoms with van der Waals surface area (Å²) in [6.45, 7) is 5.40. The van der Waals surface area contributed by atoms with Crippen molar-refractivity contribution in [2.75, 3.05) is 19.4 Å². The zero-order valence-electron chi connectivity index (χ0n) is 13.4. The quantitative estimate of drug-likeness (QED) is 0.358. The molecule has 1 saturated carbocycles. The van der Waals surface area contributed by atoms with E-state index < -0.39 is 7.60 Å². The van der Waals surface area contributed by atoms with E-state index in [1.54, 1.807) is 0 Å². The molecule has 0 heterocycles. The molecule has 120 valence electrons. The van der Waals surface area contributed by atoms with E-state index in [0.29, 0.717) is 19.4 Å². The number of hydrogen-bond donors (Lipinski definition) is 0. The third-order valence-electron chi connectivity index (χ3n) is 4.11. The normalized spacial score (nSPS) is 19.9. The lowest BCUT2D eigenvalue weighted by Gasteiger charge is -2.23. The van der Waals surface area contributed by atoms with Gasteiger partial charge < -0.3 is 9.05 Å². The van der Waals surface area contributed by atoms with Gasteiger partial charge in [0, 0.05) is 0 Å². The lowest BCUT2D eigenvalue weighted by molar-refractivity contribution is 0.183. The van der Waals surface area contributed by atoms with Crippen LogP contribution in [-0.2, 0) is 13.6 Å². The van der Waals surface area contributed by atoms with E-state index in [1.807, 2.05) is 0 Å². The molecule has 0 aliphatic heterocycles. The van der Waals surface area contributed by atoms with Crippen molar-refractivity contribution in [3.63, 3.8) is 0 Å². The van der Waals surface area contributed by atoms with E-state index in [0.717, 1.165) is 38.0 Å². The SMILES string of the molecule is CCCCOP(=O)(CCCC)OCCC1CCCCC1. The molecule has 4 heteroatoms. The summed E-state index contributed by atoms with van der Waals surface area (Å²) in [5.41, 5.74) is 0. The Morgan fingerprint density at radius 3 is 2.25 bits per heavy atom. The fourth-order valence-electron chi connectivity index (χ4n) is 2.70. The fraction of sp³-hybridized carbons (Fsp3) is 1.00. The molecule has 0 bridgehead atoms. The molecule has 1 atom stereocenters. The first-order valence-electron chi connectivity index (χ1n) is 8.58. The van der Waals surface area contributed by atoms with Crippen LogP contribution in [0.5, 0.6) is 0 Å². The Hall–Kier alpha value is 0.150. The van der Waals surface area contributed by atoms with Crippen molar-refractivity contribution in [3.05, 3.63) is 0 Å². The van der Waals surface area contributed by atoms with Gasteiger partial charge in [-0.25, -0.2) is 0 Å². The van der Waals surface area contributed by atoms with Crippen LogP contribution in [0.2, 0.25) is 0 Å². The van der Waals surface area contributed by atoms with E-state index in [1.165, 1.54) is 32.1 Å². The highest BCUT2D eigenvalue weighted by molar-refractivity contribution is 7.53. The molecule has 0 aromatic rings. The van der Waals surface area contributed by atoms with Crippen LogP contribution in [0.3, 0.4) is 0 Å². The maximum Gasteiger partial charge on any atom is 0.330 e. The summed E-state index contributed by atoms with van der Waals surface area (Å²) in [5.74, 6) is 0.777. The van der Waals surface area contributed by atoms with Crippen molar-refractivity contribution >= 4 is 7.60 Å². The van der Waals surface area contributed by atoms with Crippen LogP contribution in [0.25, 0.3) is 0 Å². The highest BCUT2D eigenvalue weighted by Crippen LogP contribution is 2.49. The minimum absolute atomic E-state index is 0.570. The Morgan fingerprint density at radius 1 is 0.950 bits per heavy atom. The lowest BCUT2D eigenvalue weighted by atomic mass is 9.87. The van der Waals surface area contributed by atoms with E-state index in [4.69, 9.17) is 9.05 Å². The molecule has 0 amide bonds. The van der Waals surface area contributed by atoms with Crippen molar-refractivity contribution in [3.8, 4) is 0 Å². The van der Waals surface area contributed by atoms with Crippen molar-refractivity contribution in [2.24, 2.45) is 5.92 Å². The van der Waals surface area contributed by atoms with Gasteiger partial charge in [-0.15, -0.1) is 0 Å². The third-order valence-corrected chi connectivity index (χ3v) is 6.13. The number of rotatable bonds is 11. The maximum atomic E-state index is 12.6. The summed E-state index contributed by atoms with van der Waals surface area (Å²) in [4.78, 5) is 0. The molecule has 1 aliphatic rings. The topological polar surface area (TPSA) is 35.5 Å². The minimum Gasteiger partial charge on any atom is -0.309 e. The van der Waals surface area contributed by atoms with E-state index >= 15 is 0 Å². The Morgan fingerprint density at radius 2 is 1.60 bits per heavy atom. The maximum absolute atomic E-state index is 12.6. The molecular weight excluding hydrogens is 271 g/mol. The molecular formula is C16H33O3P. The van der Waals surface area contributed by atoms with Gasteiger partial charge in [0.15, 0.2) is 0 Å². The van der Waals surface area contributed by atoms with E-state index in [2.05, 4.69) is 13.8 Å².